The van der Waals surface area contributed by atoms with Crippen LogP contribution in [0.2, 0.25) is 0 Å². The molecule has 94 valence electrons. The van der Waals surface area contributed by atoms with Gasteiger partial charge < -0.3 is 11.1 Å². The van der Waals surface area contributed by atoms with E-state index in [1.54, 1.807) is 6.26 Å². The van der Waals surface area contributed by atoms with E-state index in [1.807, 2.05) is 37.3 Å². The topological polar surface area (TPSA) is 67.5 Å². The number of hydrogen-bond acceptors (Lipinski definition) is 2. The third-order valence-electron chi connectivity index (χ3n) is 2.41. The summed E-state index contributed by atoms with van der Waals surface area (Å²) in [5.41, 5.74) is 6.83. The molecular formula is C12H19N3OS. The molecule has 0 aliphatic heterocycles. The summed E-state index contributed by atoms with van der Waals surface area (Å²) in [7, 11) is -0.840. The van der Waals surface area contributed by atoms with E-state index >= 15 is 0 Å². The molecule has 0 spiro atoms. The van der Waals surface area contributed by atoms with Crippen LogP contribution >= 0.6 is 0 Å². The maximum atomic E-state index is 11.1. The second-order valence-corrected chi connectivity index (χ2v) is 5.68. The Bertz CT molecular complexity index is 392. The quantitative estimate of drug-likeness (QED) is 0.604. The van der Waals surface area contributed by atoms with Gasteiger partial charge in [0.15, 0.2) is 5.96 Å². The van der Waals surface area contributed by atoms with Crippen LogP contribution in [-0.2, 0) is 17.3 Å². The Balaban J connectivity index is 2.37. The molecule has 0 aliphatic carbocycles. The second kappa shape index (κ2) is 7.06. The van der Waals surface area contributed by atoms with Gasteiger partial charge in [-0.15, -0.1) is 0 Å². The van der Waals surface area contributed by atoms with Crippen LogP contribution in [-0.4, -0.2) is 28.2 Å². The molecule has 4 nitrogen and oxygen atoms in total. The first-order valence-electron chi connectivity index (χ1n) is 5.49. The zero-order chi connectivity index (χ0) is 12.7. The van der Waals surface area contributed by atoms with Gasteiger partial charge in [0, 0.05) is 28.9 Å². The van der Waals surface area contributed by atoms with Gasteiger partial charge in [0.05, 0.1) is 6.54 Å². The van der Waals surface area contributed by atoms with Crippen LogP contribution in [0.25, 0.3) is 0 Å². The van der Waals surface area contributed by atoms with Gasteiger partial charge in [0.2, 0.25) is 0 Å². The Kier molecular flexibility index (Phi) is 5.69. The van der Waals surface area contributed by atoms with Crippen molar-refractivity contribution in [2.45, 2.75) is 18.7 Å². The minimum atomic E-state index is -0.840. The SMILES string of the molecule is CC(CNC(N)=NCc1ccccc1)S(C)=O. The predicted molar refractivity (Wildman–Crippen MR) is 73.3 cm³/mol. The molecule has 0 aliphatic rings. The standard InChI is InChI=1S/C12H19N3OS/c1-10(17(2)16)8-14-12(13)15-9-11-6-4-3-5-7-11/h3-7,10H,8-9H2,1-2H3,(H3,13,14,15). The highest BCUT2D eigenvalue weighted by molar-refractivity contribution is 7.84. The van der Waals surface area contributed by atoms with Gasteiger partial charge in [-0.25, -0.2) is 4.99 Å². The van der Waals surface area contributed by atoms with E-state index in [-0.39, 0.29) is 5.25 Å². The van der Waals surface area contributed by atoms with Crippen LogP contribution < -0.4 is 11.1 Å². The second-order valence-electron chi connectivity index (χ2n) is 3.88. The fourth-order valence-corrected chi connectivity index (χ4v) is 1.50. The van der Waals surface area contributed by atoms with Gasteiger partial charge in [-0.3, -0.25) is 4.21 Å². The van der Waals surface area contributed by atoms with Gasteiger partial charge in [-0.2, -0.15) is 0 Å². The van der Waals surface area contributed by atoms with Crippen LogP contribution in [0.15, 0.2) is 35.3 Å². The minimum absolute atomic E-state index is 0.0699. The van der Waals surface area contributed by atoms with Crippen LogP contribution in [0.1, 0.15) is 12.5 Å². The number of benzene rings is 1. The average Bonchev–Trinajstić information content (AvgIpc) is 2.34. The number of guanidine groups is 1. The van der Waals surface area contributed by atoms with Crippen LogP contribution in [0.4, 0.5) is 0 Å². The van der Waals surface area contributed by atoms with E-state index in [4.69, 9.17) is 5.73 Å². The maximum absolute atomic E-state index is 11.1. The molecule has 5 heteroatoms. The molecule has 0 bridgehead atoms. The van der Waals surface area contributed by atoms with E-state index in [0.717, 1.165) is 5.56 Å². The summed E-state index contributed by atoms with van der Waals surface area (Å²) in [4.78, 5) is 4.21. The fourth-order valence-electron chi connectivity index (χ4n) is 1.18. The van der Waals surface area contributed by atoms with Gasteiger partial charge in [-0.1, -0.05) is 30.3 Å². The number of nitrogens with two attached hydrogens (primary N) is 1. The number of rotatable bonds is 5. The van der Waals surface area contributed by atoms with E-state index in [2.05, 4.69) is 10.3 Å². The molecular weight excluding hydrogens is 234 g/mol. The zero-order valence-electron chi connectivity index (χ0n) is 10.2. The van der Waals surface area contributed by atoms with E-state index in [0.29, 0.717) is 19.0 Å². The molecule has 0 heterocycles. The Labute approximate surface area is 105 Å². The van der Waals surface area contributed by atoms with Crippen molar-refractivity contribution in [3.05, 3.63) is 35.9 Å². The van der Waals surface area contributed by atoms with E-state index in [1.165, 1.54) is 0 Å². The molecule has 2 atom stereocenters. The number of hydrogen-bond donors (Lipinski definition) is 2. The summed E-state index contributed by atoms with van der Waals surface area (Å²) in [5.74, 6) is 0.395. The molecule has 2 unspecified atom stereocenters. The summed E-state index contributed by atoms with van der Waals surface area (Å²) in [5, 5.41) is 3.04. The van der Waals surface area contributed by atoms with Crippen molar-refractivity contribution in [2.24, 2.45) is 10.7 Å². The average molecular weight is 253 g/mol. The largest absolute Gasteiger partial charge is 0.370 e. The lowest BCUT2D eigenvalue weighted by Gasteiger charge is -2.10. The number of aliphatic imine (C=N–C) groups is 1. The Morgan fingerprint density at radius 1 is 1.47 bits per heavy atom. The van der Waals surface area contributed by atoms with Crippen molar-refractivity contribution in [3.8, 4) is 0 Å². The van der Waals surface area contributed by atoms with Crippen molar-refractivity contribution in [3.63, 3.8) is 0 Å². The molecule has 3 N–H and O–H groups in total. The first-order valence-corrected chi connectivity index (χ1v) is 7.11. The normalized spacial score (nSPS) is 15.3. The molecule has 0 amide bonds. The first-order chi connectivity index (χ1) is 8.09. The van der Waals surface area contributed by atoms with Crippen LogP contribution in [0.3, 0.4) is 0 Å². The van der Waals surface area contributed by atoms with Crippen molar-refractivity contribution >= 4 is 16.8 Å². The van der Waals surface area contributed by atoms with E-state index < -0.39 is 10.8 Å². The molecule has 1 rings (SSSR count). The summed E-state index contributed by atoms with van der Waals surface area (Å²) in [6, 6.07) is 9.90. The third-order valence-corrected chi connectivity index (χ3v) is 3.71. The van der Waals surface area contributed by atoms with E-state index in [9.17, 15) is 4.21 Å². The van der Waals surface area contributed by atoms with Crippen molar-refractivity contribution in [1.29, 1.82) is 0 Å². The van der Waals surface area contributed by atoms with Crippen molar-refractivity contribution < 1.29 is 4.21 Å². The molecule has 0 radical (unpaired) electrons. The molecule has 0 saturated heterocycles. The summed E-state index contributed by atoms with van der Waals surface area (Å²) < 4.78 is 11.1. The lowest BCUT2D eigenvalue weighted by molar-refractivity contribution is 0.673. The summed E-state index contributed by atoms with van der Waals surface area (Å²) in [6.07, 6.45) is 1.68. The number of nitrogens with one attached hydrogen (secondary N) is 1. The highest BCUT2D eigenvalue weighted by Gasteiger charge is 2.05. The Morgan fingerprint density at radius 2 is 2.12 bits per heavy atom. The van der Waals surface area contributed by atoms with Gasteiger partial charge in [-0.05, 0) is 12.5 Å². The molecule has 1 aromatic carbocycles. The molecule has 17 heavy (non-hydrogen) atoms. The predicted octanol–water partition coefficient (Wildman–Crippen LogP) is 0.858. The highest BCUT2D eigenvalue weighted by Crippen LogP contribution is 1.99. The van der Waals surface area contributed by atoms with Gasteiger partial charge in [0.1, 0.15) is 0 Å². The molecule has 1 aromatic rings. The monoisotopic (exact) mass is 253 g/mol. The zero-order valence-corrected chi connectivity index (χ0v) is 11.0. The number of nitrogens with zero attached hydrogens (tertiary/aromatic N) is 1. The smallest absolute Gasteiger partial charge is 0.188 e. The van der Waals surface area contributed by atoms with Gasteiger partial charge >= 0.3 is 0 Å². The molecule has 0 saturated carbocycles. The summed E-state index contributed by atoms with van der Waals surface area (Å²) >= 11 is 0. The van der Waals surface area contributed by atoms with Crippen LogP contribution in [0.5, 0.6) is 0 Å². The summed E-state index contributed by atoms with van der Waals surface area (Å²) in [6.45, 7) is 3.05. The van der Waals surface area contributed by atoms with Gasteiger partial charge in [0.25, 0.3) is 0 Å². The van der Waals surface area contributed by atoms with Crippen molar-refractivity contribution in [1.82, 2.24) is 5.32 Å². The first kappa shape index (κ1) is 13.7. The molecule has 0 fully saturated rings. The lowest BCUT2D eigenvalue weighted by Crippen LogP contribution is -2.37. The fraction of sp³-hybridized carbons (Fsp3) is 0.417. The maximum Gasteiger partial charge on any atom is 0.188 e. The third kappa shape index (κ3) is 5.49. The minimum Gasteiger partial charge on any atom is -0.370 e. The van der Waals surface area contributed by atoms with Crippen LogP contribution in [0, 0.1) is 0 Å². The van der Waals surface area contributed by atoms with Crippen molar-refractivity contribution in [2.75, 3.05) is 12.8 Å². The highest BCUT2D eigenvalue weighted by atomic mass is 32.2. The molecule has 0 aromatic heterocycles. The Morgan fingerprint density at radius 3 is 2.71 bits per heavy atom. The Hall–Kier alpha value is -1.36. The lowest BCUT2D eigenvalue weighted by atomic mass is 10.2.